The summed E-state index contributed by atoms with van der Waals surface area (Å²) < 4.78 is 37.9. The molecule has 6 aromatic carbocycles. The first-order valence-electron chi connectivity index (χ1n) is 29.7. The van der Waals surface area contributed by atoms with Crippen LogP contribution in [-0.2, 0) is 38.8 Å². The Morgan fingerprint density at radius 2 is 0.654 bits per heavy atom. The Morgan fingerprint density at radius 1 is 0.346 bits per heavy atom. The molecule has 0 spiro atoms. The molecule has 0 amide bonds. The molecule has 0 bridgehead atoms. The zero-order chi connectivity index (χ0) is 54.4. The first-order chi connectivity index (χ1) is 38.4. The van der Waals surface area contributed by atoms with Crippen LogP contribution in [0.4, 0.5) is 0 Å². The highest BCUT2D eigenvalue weighted by atomic mass is 16.5. The Bertz CT molecular complexity index is 2630. The fraction of sp³-hybridized carbons (Fsp3) is 0.449. The highest BCUT2D eigenvalue weighted by Crippen LogP contribution is 2.33. The molecule has 9 nitrogen and oxygen atoms in total. The van der Waals surface area contributed by atoms with Crippen molar-refractivity contribution in [3.05, 3.63) is 145 Å². The summed E-state index contributed by atoms with van der Waals surface area (Å²) in [6, 6.07) is 45.8. The summed E-state index contributed by atoms with van der Waals surface area (Å²) in [7, 11) is 0. The lowest BCUT2D eigenvalue weighted by molar-refractivity contribution is -0.146. The molecule has 0 aliphatic carbocycles. The van der Waals surface area contributed by atoms with Crippen molar-refractivity contribution in [1.29, 1.82) is 0 Å². The molecule has 78 heavy (non-hydrogen) atoms. The van der Waals surface area contributed by atoms with Crippen LogP contribution in [0, 0.1) is 0 Å². The molecular weight excluding hydrogens is 971 g/mol. The summed E-state index contributed by atoms with van der Waals surface area (Å²) in [5.74, 6) is 3.12. The van der Waals surface area contributed by atoms with Gasteiger partial charge in [0.25, 0.3) is 0 Å². The second kappa shape index (κ2) is 33.5. The van der Waals surface area contributed by atoms with Gasteiger partial charge in [0.1, 0.15) is 36.2 Å². The number of hydrogen-bond acceptors (Lipinski definition) is 8. The molecule has 7 rings (SSSR count). The van der Waals surface area contributed by atoms with E-state index in [-0.39, 0.29) is 25.2 Å². The lowest BCUT2D eigenvalue weighted by atomic mass is 10.1. The largest absolute Gasteiger partial charge is 0.494 e. The van der Waals surface area contributed by atoms with Gasteiger partial charge in [0.15, 0.2) is 0 Å². The van der Waals surface area contributed by atoms with Crippen LogP contribution in [0.3, 0.4) is 0 Å². The van der Waals surface area contributed by atoms with Gasteiger partial charge < -0.3 is 33.0 Å². The van der Waals surface area contributed by atoms with E-state index in [1.54, 1.807) is 0 Å². The lowest BCUT2D eigenvalue weighted by Crippen LogP contribution is -2.05. The first kappa shape index (κ1) is 58.9. The molecule has 0 radical (unpaired) electrons. The minimum Gasteiger partial charge on any atom is -0.494 e. The average molecular weight is 1060 g/mol. The lowest BCUT2D eigenvalue weighted by Gasteiger charge is -2.09. The van der Waals surface area contributed by atoms with Crippen LogP contribution >= 0.6 is 0 Å². The van der Waals surface area contributed by atoms with E-state index in [0.717, 1.165) is 156 Å². The third-order valence-corrected chi connectivity index (χ3v) is 14.5. The molecule has 0 aliphatic rings. The van der Waals surface area contributed by atoms with Crippen LogP contribution in [0.25, 0.3) is 44.1 Å². The quantitative estimate of drug-likeness (QED) is 0.0279. The monoisotopic (exact) mass is 1060 g/mol. The molecule has 0 saturated carbocycles. The van der Waals surface area contributed by atoms with Gasteiger partial charge in [-0.15, -0.1) is 0 Å². The molecule has 0 N–H and O–H groups in total. The maximum atomic E-state index is 12.9. The topological polar surface area (TPSA) is 94.5 Å². The second-order valence-corrected chi connectivity index (χ2v) is 20.8. The molecule has 0 atom stereocenters. The molecular formula is C69H87NO8. The standard InChI is InChI=1S/C69H87NO8/c1-4-7-10-13-18-45-70-66-43-25-54(52-77-68(71)23-16-14-21-48-75-62-39-31-58(32-40-62)56-27-35-60(36-28-56)73-46-19-11-8-5-2)50-64(66)65-51-55(26-44-67(65)70)53-78-69(72)24-17-15-22-49-76-63-41-33-59(34-42-63)57-29-37-61(38-30-57)74-47-20-12-9-6-3/h25-44,50-51H,4-24,45-49,52-53H2,1-3H3. The average Bonchev–Trinajstić information content (AvgIpc) is 3.96. The van der Waals surface area contributed by atoms with Crippen molar-refractivity contribution < 1.29 is 38.0 Å². The van der Waals surface area contributed by atoms with Crippen molar-refractivity contribution in [2.75, 3.05) is 26.4 Å². The van der Waals surface area contributed by atoms with Crippen molar-refractivity contribution in [3.63, 3.8) is 0 Å². The van der Waals surface area contributed by atoms with Crippen molar-refractivity contribution in [3.8, 4) is 45.3 Å². The third kappa shape index (κ3) is 19.6. The smallest absolute Gasteiger partial charge is 0.306 e. The SMILES string of the molecule is CCCCCCCn1c2ccc(COC(=O)CCCCCOc3ccc(-c4ccc(OCCCCCC)cc4)cc3)cc2c2cc(COC(=O)CCCCCOc3ccc(-c4ccc(OCCCCCC)cc4)cc3)ccc21. The molecule has 0 aliphatic heterocycles. The van der Waals surface area contributed by atoms with Gasteiger partial charge in [0.05, 0.1) is 26.4 Å². The number of benzene rings is 6. The minimum atomic E-state index is -0.191. The van der Waals surface area contributed by atoms with Gasteiger partial charge in [-0.05, 0) is 164 Å². The Labute approximate surface area is 465 Å². The zero-order valence-electron chi connectivity index (χ0n) is 47.2. The number of fused-ring (bicyclic) bond motifs is 3. The molecule has 0 unspecified atom stereocenters. The van der Waals surface area contributed by atoms with Crippen molar-refractivity contribution in [2.24, 2.45) is 0 Å². The summed E-state index contributed by atoms with van der Waals surface area (Å²) in [5, 5.41) is 2.23. The van der Waals surface area contributed by atoms with E-state index in [0.29, 0.717) is 26.1 Å². The molecule has 9 heteroatoms. The molecule has 1 aromatic heterocycles. The Kier molecular flexibility index (Phi) is 25.3. The molecule has 1 heterocycles. The number of nitrogens with zero attached hydrogens (tertiary/aromatic N) is 1. The molecule has 7 aromatic rings. The number of hydrogen-bond donors (Lipinski definition) is 0. The number of unbranched alkanes of at least 4 members (excludes halogenated alkanes) is 14. The third-order valence-electron chi connectivity index (χ3n) is 14.5. The second-order valence-electron chi connectivity index (χ2n) is 20.8. The van der Waals surface area contributed by atoms with E-state index in [4.69, 9.17) is 28.4 Å². The van der Waals surface area contributed by atoms with E-state index < -0.39 is 0 Å². The van der Waals surface area contributed by atoms with Crippen LogP contribution in [0.2, 0.25) is 0 Å². The van der Waals surface area contributed by atoms with Crippen molar-refractivity contribution in [1.82, 2.24) is 4.57 Å². The number of aryl methyl sites for hydroxylation is 1. The van der Waals surface area contributed by atoms with Crippen LogP contribution in [0.5, 0.6) is 23.0 Å². The normalized spacial score (nSPS) is 11.3. The van der Waals surface area contributed by atoms with Gasteiger partial charge in [0, 0.05) is 41.2 Å². The summed E-state index contributed by atoms with van der Waals surface area (Å²) in [5.41, 5.74) is 8.78. The van der Waals surface area contributed by atoms with Gasteiger partial charge >= 0.3 is 11.9 Å². The highest BCUT2D eigenvalue weighted by molar-refractivity contribution is 6.08. The Hall–Kier alpha value is -6.74. The fourth-order valence-electron chi connectivity index (χ4n) is 9.85. The van der Waals surface area contributed by atoms with E-state index in [9.17, 15) is 9.59 Å². The number of carbonyl (C=O) groups excluding carboxylic acids is 2. The van der Waals surface area contributed by atoms with E-state index >= 15 is 0 Å². The van der Waals surface area contributed by atoms with Crippen LogP contribution in [0.15, 0.2) is 133 Å². The van der Waals surface area contributed by atoms with Gasteiger partial charge in [-0.1, -0.05) is 146 Å². The first-order valence-corrected chi connectivity index (χ1v) is 29.7. The summed E-state index contributed by atoms with van der Waals surface area (Å²) >= 11 is 0. The maximum absolute atomic E-state index is 12.9. The van der Waals surface area contributed by atoms with E-state index in [1.165, 1.54) is 64.2 Å². The highest BCUT2D eigenvalue weighted by Gasteiger charge is 2.15. The van der Waals surface area contributed by atoms with Crippen molar-refractivity contribution in [2.45, 2.75) is 175 Å². The summed E-state index contributed by atoms with van der Waals surface area (Å²) in [6.45, 7) is 10.8. The Morgan fingerprint density at radius 3 is 0.987 bits per heavy atom. The van der Waals surface area contributed by atoms with Gasteiger partial charge in [-0.3, -0.25) is 9.59 Å². The number of carbonyl (C=O) groups is 2. The minimum absolute atomic E-state index is 0.191. The van der Waals surface area contributed by atoms with E-state index in [1.807, 2.05) is 48.5 Å². The van der Waals surface area contributed by atoms with Crippen LogP contribution < -0.4 is 18.9 Å². The Balaban J connectivity index is 0.805. The van der Waals surface area contributed by atoms with Gasteiger partial charge in [-0.25, -0.2) is 0 Å². The fourth-order valence-corrected chi connectivity index (χ4v) is 9.85. The van der Waals surface area contributed by atoms with Gasteiger partial charge in [0.2, 0.25) is 0 Å². The van der Waals surface area contributed by atoms with E-state index in [2.05, 4.69) is 110 Å². The number of ether oxygens (including phenoxy) is 6. The zero-order valence-corrected chi connectivity index (χ0v) is 47.2. The molecule has 416 valence electrons. The number of rotatable bonds is 38. The number of esters is 2. The predicted octanol–water partition coefficient (Wildman–Crippen LogP) is 18.4. The van der Waals surface area contributed by atoms with Gasteiger partial charge in [-0.2, -0.15) is 0 Å². The summed E-state index contributed by atoms with van der Waals surface area (Å²) in [4.78, 5) is 25.8. The van der Waals surface area contributed by atoms with Crippen molar-refractivity contribution >= 4 is 33.7 Å². The number of aromatic nitrogens is 1. The predicted molar refractivity (Wildman–Crippen MR) is 319 cm³/mol. The maximum Gasteiger partial charge on any atom is 0.306 e. The summed E-state index contributed by atoms with van der Waals surface area (Å²) in [6.07, 6.45) is 21.3. The van der Waals surface area contributed by atoms with Crippen LogP contribution in [-0.4, -0.2) is 42.9 Å². The molecule has 0 fully saturated rings. The molecule has 0 saturated heterocycles. The van der Waals surface area contributed by atoms with Crippen LogP contribution in [0.1, 0.15) is 167 Å².